The Bertz CT molecular complexity index is 2140. The van der Waals surface area contributed by atoms with Crippen molar-refractivity contribution in [3.05, 3.63) is 187 Å². The van der Waals surface area contributed by atoms with Gasteiger partial charge >= 0.3 is 0 Å². The predicted octanol–water partition coefficient (Wildman–Crippen LogP) is 12.5. The molecule has 1 heteroatoms. The molecule has 0 unspecified atom stereocenters. The van der Waals surface area contributed by atoms with Gasteiger partial charge in [-0.25, -0.2) is 0 Å². The smallest absolute Gasteiger partial charge is 0.0474 e. The highest BCUT2D eigenvalue weighted by Crippen LogP contribution is 2.54. The Hall–Kier alpha value is -5.66. The van der Waals surface area contributed by atoms with Crippen molar-refractivity contribution in [3.63, 3.8) is 0 Å². The van der Waals surface area contributed by atoms with Crippen LogP contribution in [0.2, 0.25) is 0 Å². The van der Waals surface area contributed by atoms with E-state index in [1.807, 2.05) is 0 Å². The molecule has 0 heterocycles. The van der Waals surface area contributed by atoms with Gasteiger partial charge in [0.1, 0.15) is 0 Å². The fourth-order valence-corrected chi connectivity index (χ4v) is 7.22. The van der Waals surface area contributed by atoms with E-state index < -0.39 is 0 Å². The lowest BCUT2D eigenvalue weighted by atomic mass is 9.78. The zero-order valence-electron chi connectivity index (χ0n) is 26.2. The molecule has 1 nitrogen and oxygen atoms in total. The number of anilines is 3. The number of hydrogen-bond acceptors (Lipinski definition) is 1. The Morgan fingerprint density at radius 3 is 1.54 bits per heavy atom. The van der Waals surface area contributed by atoms with E-state index >= 15 is 0 Å². The van der Waals surface area contributed by atoms with Gasteiger partial charge in [0.15, 0.2) is 0 Å². The zero-order chi connectivity index (χ0) is 31.1. The summed E-state index contributed by atoms with van der Waals surface area (Å²) in [7, 11) is 0. The van der Waals surface area contributed by atoms with E-state index in [1.165, 1.54) is 55.6 Å². The third-order valence-electron chi connectivity index (χ3n) is 9.43. The quantitative estimate of drug-likeness (QED) is 0.186. The van der Waals surface area contributed by atoms with E-state index in [2.05, 4.69) is 195 Å². The van der Waals surface area contributed by atoms with Crippen molar-refractivity contribution in [2.24, 2.45) is 0 Å². The molecule has 0 atom stereocenters. The van der Waals surface area contributed by atoms with Crippen LogP contribution in [0.4, 0.5) is 17.1 Å². The first-order valence-electron chi connectivity index (χ1n) is 16.0. The van der Waals surface area contributed by atoms with Crippen molar-refractivity contribution in [3.8, 4) is 44.5 Å². The van der Waals surface area contributed by atoms with Crippen LogP contribution in [0.1, 0.15) is 25.0 Å². The lowest BCUT2D eigenvalue weighted by Gasteiger charge is -2.30. The highest BCUT2D eigenvalue weighted by atomic mass is 15.1. The number of fused-ring (bicyclic) bond motifs is 3. The van der Waals surface area contributed by atoms with Crippen LogP contribution in [0.15, 0.2) is 176 Å². The van der Waals surface area contributed by atoms with Crippen LogP contribution in [0.5, 0.6) is 0 Å². The normalized spacial score (nSPS) is 12.7. The molecule has 1 aliphatic carbocycles. The van der Waals surface area contributed by atoms with Gasteiger partial charge in [-0.15, -0.1) is 0 Å². The largest absolute Gasteiger partial charge is 0.310 e. The van der Waals surface area contributed by atoms with Crippen molar-refractivity contribution in [2.45, 2.75) is 19.3 Å². The lowest BCUT2D eigenvalue weighted by molar-refractivity contribution is 0.662. The molecule has 0 spiro atoms. The van der Waals surface area contributed by atoms with Crippen LogP contribution < -0.4 is 4.90 Å². The van der Waals surface area contributed by atoms with Crippen molar-refractivity contribution < 1.29 is 0 Å². The minimum atomic E-state index is -0.120. The second-order valence-corrected chi connectivity index (χ2v) is 12.6. The maximum Gasteiger partial charge on any atom is 0.0474 e. The minimum Gasteiger partial charge on any atom is -0.310 e. The Balaban J connectivity index is 1.37. The van der Waals surface area contributed by atoms with Gasteiger partial charge in [0, 0.05) is 22.5 Å². The Morgan fingerprint density at radius 1 is 0.348 bits per heavy atom. The Labute approximate surface area is 272 Å². The SMILES string of the molecule is CC1(C)c2ccccc2-c2cc(N(c3ccc(-c4ccccc4)cc3)c3cccc(-c4ccccc4)c3)cc(-c3ccccc3)c21. The average molecular weight is 590 g/mol. The third kappa shape index (κ3) is 4.82. The summed E-state index contributed by atoms with van der Waals surface area (Å²) in [4.78, 5) is 2.42. The highest BCUT2D eigenvalue weighted by molar-refractivity contribution is 5.93. The lowest BCUT2D eigenvalue weighted by Crippen LogP contribution is -2.17. The Kier molecular flexibility index (Phi) is 6.88. The summed E-state index contributed by atoms with van der Waals surface area (Å²) >= 11 is 0. The van der Waals surface area contributed by atoms with Gasteiger partial charge in [-0.3, -0.25) is 0 Å². The molecule has 0 aliphatic heterocycles. The van der Waals surface area contributed by atoms with E-state index in [0.717, 1.165) is 17.1 Å². The molecule has 7 aromatic carbocycles. The van der Waals surface area contributed by atoms with Crippen LogP contribution in [-0.2, 0) is 5.41 Å². The first kappa shape index (κ1) is 27.9. The molecule has 8 rings (SSSR count). The van der Waals surface area contributed by atoms with Crippen LogP contribution in [0.25, 0.3) is 44.5 Å². The molecular weight excluding hydrogens is 555 g/mol. The van der Waals surface area contributed by atoms with E-state index in [0.29, 0.717) is 0 Å². The molecule has 0 bridgehead atoms. The summed E-state index contributed by atoms with van der Waals surface area (Å²) in [6.45, 7) is 4.74. The van der Waals surface area contributed by atoms with Gasteiger partial charge in [0.25, 0.3) is 0 Å². The van der Waals surface area contributed by atoms with Crippen molar-refractivity contribution in [2.75, 3.05) is 4.90 Å². The molecule has 0 saturated carbocycles. The van der Waals surface area contributed by atoms with Gasteiger partial charge in [0.2, 0.25) is 0 Å². The molecule has 220 valence electrons. The minimum absolute atomic E-state index is 0.120. The van der Waals surface area contributed by atoms with Crippen LogP contribution >= 0.6 is 0 Å². The second-order valence-electron chi connectivity index (χ2n) is 12.6. The highest BCUT2D eigenvalue weighted by Gasteiger charge is 2.38. The van der Waals surface area contributed by atoms with E-state index in [9.17, 15) is 0 Å². The molecule has 0 saturated heterocycles. The molecule has 1 aliphatic rings. The van der Waals surface area contributed by atoms with Crippen LogP contribution in [-0.4, -0.2) is 0 Å². The third-order valence-corrected chi connectivity index (χ3v) is 9.43. The van der Waals surface area contributed by atoms with Crippen molar-refractivity contribution >= 4 is 17.1 Å². The maximum absolute atomic E-state index is 2.42. The predicted molar refractivity (Wildman–Crippen MR) is 195 cm³/mol. The van der Waals surface area contributed by atoms with Crippen molar-refractivity contribution in [1.29, 1.82) is 0 Å². The molecule has 0 fully saturated rings. The Morgan fingerprint density at radius 2 is 0.870 bits per heavy atom. The summed E-state index contributed by atoms with van der Waals surface area (Å²) in [5.41, 5.74) is 16.0. The summed E-state index contributed by atoms with van der Waals surface area (Å²) in [6, 6.07) is 63.8. The second kappa shape index (κ2) is 11.4. The number of hydrogen-bond donors (Lipinski definition) is 0. The fraction of sp³-hybridized carbons (Fsp3) is 0.0667. The number of benzene rings is 7. The molecular formula is C45H35N. The molecule has 0 aromatic heterocycles. The van der Waals surface area contributed by atoms with E-state index in [-0.39, 0.29) is 5.41 Å². The standard InChI is InChI=1S/C45H35N/c1-45(2)43-24-13-12-23-40(43)42-31-39(30-41(44(42)45)35-19-10-5-11-20-35)46(37-27-25-34(26-28-37)32-15-6-3-7-16-32)38-22-14-21-36(29-38)33-17-8-4-9-18-33/h3-31H,1-2H3. The first-order chi connectivity index (χ1) is 22.6. The average Bonchev–Trinajstić information content (AvgIpc) is 3.36. The van der Waals surface area contributed by atoms with Crippen LogP contribution in [0, 0.1) is 0 Å². The maximum atomic E-state index is 2.42. The summed E-state index contributed by atoms with van der Waals surface area (Å²) in [5, 5.41) is 0. The monoisotopic (exact) mass is 589 g/mol. The topological polar surface area (TPSA) is 3.24 Å². The summed E-state index contributed by atoms with van der Waals surface area (Å²) < 4.78 is 0. The van der Waals surface area contributed by atoms with E-state index in [4.69, 9.17) is 0 Å². The summed E-state index contributed by atoms with van der Waals surface area (Å²) in [5.74, 6) is 0. The fourth-order valence-electron chi connectivity index (χ4n) is 7.22. The molecule has 7 aromatic rings. The number of nitrogens with zero attached hydrogens (tertiary/aromatic N) is 1. The zero-order valence-corrected chi connectivity index (χ0v) is 26.2. The van der Waals surface area contributed by atoms with Gasteiger partial charge in [-0.1, -0.05) is 153 Å². The van der Waals surface area contributed by atoms with Gasteiger partial charge in [-0.2, -0.15) is 0 Å². The summed E-state index contributed by atoms with van der Waals surface area (Å²) in [6.07, 6.45) is 0. The molecule has 46 heavy (non-hydrogen) atoms. The van der Waals surface area contributed by atoms with Gasteiger partial charge in [-0.05, 0) is 92.0 Å². The van der Waals surface area contributed by atoms with Crippen molar-refractivity contribution in [1.82, 2.24) is 0 Å². The molecule has 0 radical (unpaired) electrons. The van der Waals surface area contributed by atoms with Crippen LogP contribution in [0.3, 0.4) is 0 Å². The van der Waals surface area contributed by atoms with Gasteiger partial charge in [0.05, 0.1) is 0 Å². The van der Waals surface area contributed by atoms with E-state index in [1.54, 1.807) is 0 Å². The molecule has 0 N–H and O–H groups in total. The van der Waals surface area contributed by atoms with Gasteiger partial charge < -0.3 is 4.90 Å². The first-order valence-corrected chi connectivity index (χ1v) is 16.0. The molecule has 0 amide bonds. The number of rotatable bonds is 6.